The molecule has 2 aromatic rings. The second-order valence-electron chi connectivity index (χ2n) is 7.23. The maximum Gasteiger partial charge on any atom is 0.161 e. The summed E-state index contributed by atoms with van der Waals surface area (Å²) in [6.45, 7) is 8.03. The highest BCUT2D eigenvalue weighted by Gasteiger charge is 2.30. The minimum atomic E-state index is 0.360. The van der Waals surface area contributed by atoms with Crippen LogP contribution in [-0.2, 0) is 0 Å². The van der Waals surface area contributed by atoms with Gasteiger partial charge in [0, 0.05) is 24.7 Å². The van der Waals surface area contributed by atoms with Crippen LogP contribution >= 0.6 is 0 Å². The average molecular weight is 313 g/mol. The highest BCUT2D eigenvalue weighted by molar-refractivity contribution is 5.71. The quantitative estimate of drug-likeness (QED) is 0.946. The van der Waals surface area contributed by atoms with E-state index in [1.165, 1.54) is 38.1 Å². The molecule has 124 valence electrons. The van der Waals surface area contributed by atoms with E-state index in [9.17, 15) is 0 Å². The first-order valence-corrected chi connectivity index (χ1v) is 9.04. The van der Waals surface area contributed by atoms with E-state index >= 15 is 0 Å². The van der Waals surface area contributed by atoms with Crippen molar-refractivity contribution >= 4 is 11.2 Å². The Labute approximate surface area is 138 Å². The third-order valence-corrected chi connectivity index (χ3v) is 5.37. The maximum absolute atomic E-state index is 5.01. The number of nitrogens with one attached hydrogen (secondary N) is 1. The lowest BCUT2D eigenvalue weighted by molar-refractivity contribution is 0.162. The number of rotatable bonds is 3. The topological polar surface area (TPSA) is 46.0 Å². The molecule has 0 aliphatic carbocycles. The lowest BCUT2D eigenvalue weighted by atomic mass is 9.96. The molecule has 0 amide bonds. The van der Waals surface area contributed by atoms with E-state index in [1.807, 2.05) is 12.3 Å². The smallest absolute Gasteiger partial charge is 0.161 e. The fourth-order valence-corrected chi connectivity index (χ4v) is 4.12. The van der Waals surface area contributed by atoms with Crippen LogP contribution in [-0.4, -0.2) is 45.1 Å². The number of imidazole rings is 1. The molecule has 5 heteroatoms. The van der Waals surface area contributed by atoms with Crippen LogP contribution in [0.15, 0.2) is 18.3 Å². The van der Waals surface area contributed by atoms with Gasteiger partial charge in [-0.25, -0.2) is 9.97 Å². The first-order chi connectivity index (χ1) is 11.2. The second kappa shape index (κ2) is 6.21. The van der Waals surface area contributed by atoms with E-state index in [0.717, 1.165) is 24.3 Å². The zero-order valence-corrected chi connectivity index (χ0v) is 14.2. The predicted molar refractivity (Wildman–Crippen MR) is 92.5 cm³/mol. The number of pyridine rings is 1. The summed E-state index contributed by atoms with van der Waals surface area (Å²) in [6, 6.07) is 4.70. The lowest BCUT2D eigenvalue weighted by Gasteiger charge is -2.35. The molecule has 0 spiro atoms. The van der Waals surface area contributed by atoms with Crippen molar-refractivity contribution in [2.24, 2.45) is 0 Å². The molecule has 23 heavy (non-hydrogen) atoms. The second-order valence-corrected chi connectivity index (χ2v) is 7.23. The van der Waals surface area contributed by atoms with Gasteiger partial charge in [-0.3, -0.25) is 9.88 Å². The normalized spacial score (nSPS) is 26.4. The Kier molecular flexibility index (Phi) is 4.07. The van der Waals surface area contributed by atoms with Crippen LogP contribution in [0.2, 0.25) is 0 Å². The average Bonchev–Trinajstić information content (AvgIpc) is 3.21. The molecule has 2 saturated heterocycles. The Morgan fingerprint density at radius 2 is 2.17 bits per heavy atom. The van der Waals surface area contributed by atoms with Gasteiger partial charge in [-0.1, -0.05) is 0 Å². The van der Waals surface area contributed by atoms with Gasteiger partial charge in [0.2, 0.25) is 0 Å². The van der Waals surface area contributed by atoms with Crippen LogP contribution in [0.4, 0.5) is 0 Å². The minimum Gasteiger partial charge on any atom is -0.300 e. The van der Waals surface area contributed by atoms with Gasteiger partial charge in [0.15, 0.2) is 5.65 Å². The molecule has 2 fully saturated rings. The van der Waals surface area contributed by atoms with E-state index in [4.69, 9.17) is 4.98 Å². The summed E-state index contributed by atoms with van der Waals surface area (Å²) in [6.07, 6.45) is 7.16. The number of likely N-dealkylation sites (tertiary alicyclic amines) is 1. The largest absolute Gasteiger partial charge is 0.300 e. The summed E-state index contributed by atoms with van der Waals surface area (Å²) < 4.78 is 2.40. The van der Waals surface area contributed by atoms with Gasteiger partial charge in [-0.05, 0) is 64.8 Å². The van der Waals surface area contributed by atoms with Crippen LogP contribution in [0, 0.1) is 0 Å². The van der Waals surface area contributed by atoms with Gasteiger partial charge in [-0.15, -0.1) is 0 Å². The highest BCUT2D eigenvalue weighted by atomic mass is 15.3. The van der Waals surface area contributed by atoms with Gasteiger partial charge < -0.3 is 4.90 Å². The molecule has 2 atom stereocenters. The maximum atomic E-state index is 5.01. The summed E-state index contributed by atoms with van der Waals surface area (Å²) in [5.74, 6) is 1.76. The summed E-state index contributed by atoms with van der Waals surface area (Å²) in [5, 5.41) is 3.63. The fraction of sp³-hybridized carbons (Fsp3) is 0.667. The predicted octanol–water partition coefficient (Wildman–Crippen LogP) is 2.90. The monoisotopic (exact) mass is 313 g/mol. The molecule has 0 aromatic carbocycles. The van der Waals surface area contributed by atoms with E-state index < -0.39 is 0 Å². The van der Waals surface area contributed by atoms with Crippen molar-refractivity contribution in [1.29, 1.82) is 0 Å². The third-order valence-electron chi connectivity index (χ3n) is 5.37. The number of hydrogen-bond donors (Lipinski definition) is 1. The zero-order chi connectivity index (χ0) is 15.8. The van der Waals surface area contributed by atoms with Crippen molar-refractivity contribution in [2.75, 3.05) is 19.6 Å². The van der Waals surface area contributed by atoms with Crippen LogP contribution in [0.25, 0.3) is 11.2 Å². The Morgan fingerprint density at radius 3 is 2.96 bits per heavy atom. The van der Waals surface area contributed by atoms with Crippen molar-refractivity contribution in [1.82, 2.24) is 24.8 Å². The number of fused-ring (bicyclic) bond motifs is 1. The molecule has 5 nitrogen and oxygen atoms in total. The van der Waals surface area contributed by atoms with Crippen molar-refractivity contribution in [3.05, 3.63) is 24.2 Å². The SMILES string of the molecule is CC(C)N1CCCC(c2nc3cccnc3n2C2CCCN2)C1. The first kappa shape index (κ1) is 15.1. The number of piperidine rings is 1. The van der Waals surface area contributed by atoms with E-state index in [-0.39, 0.29) is 0 Å². The molecule has 2 unspecified atom stereocenters. The van der Waals surface area contributed by atoms with Crippen molar-refractivity contribution in [2.45, 2.75) is 57.7 Å². The van der Waals surface area contributed by atoms with Crippen molar-refractivity contribution in [3.8, 4) is 0 Å². The van der Waals surface area contributed by atoms with Crippen LogP contribution in [0.1, 0.15) is 57.4 Å². The molecule has 0 bridgehead atoms. The summed E-state index contributed by atoms with van der Waals surface area (Å²) in [5.41, 5.74) is 2.08. The number of hydrogen-bond acceptors (Lipinski definition) is 4. The standard InChI is InChI=1S/C18H27N5/c1-13(2)22-11-5-6-14(12-22)17-21-15-7-3-10-20-18(15)23(17)16-8-4-9-19-16/h3,7,10,13-14,16,19H,4-6,8-9,11-12H2,1-2H3. The summed E-state index contributed by atoms with van der Waals surface area (Å²) in [7, 11) is 0. The molecule has 0 saturated carbocycles. The van der Waals surface area contributed by atoms with E-state index in [2.05, 4.69) is 39.7 Å². The summed E-state index contributed by atoms with van der Waals surface area (Å²) in [4.78, 5) is 12.2. The lowest BCUT2D eigenvalue weighted by Crippen LogP contribution is -2.40. The molecular weight excluding hydrogens is 286 g/mol. The molecular formula is C18H27N5. The van der Waals surface area contributed by atoms with Crippen LogP contribution in [0.3, 0.4) is 0 Å². The highest BCUT2D eigenvalue weighted by Crippen LogP contribution is 2.33. The van der Waals surface area contributed by atoms with E-state index in [1.54, 1.807) is 0 Å². The molecule has 2 aromatic heterocycles. The zero-order valence-electron chi connectivity index (χ0n) is 14.2. The van der Waals surface area contributed by atoms with Crippen LogP contribution < -0.4 is 5.32 Å². The van der Waals surface area contributed by atoms with Gasteiger partial charge in [0.05, 0.1) is 6.17 Å². The molecule has 0 radical (unpaired) electrons. The third kappa shape index (κ3) is 2.76. The Morgan fingerprint density at radius 1 is 1.26 bits per heavy atom. The number of nitrogens with zero attached hydrogens (tertiary/aromatic N) is 4. The molecule has 2 aliphatic heterocycles. The molecule has 2 aliphatic rings. The fourth-order valence-electron chi connectivity index (χ4n) is 4.12. The van der Waals surface area contributed by atoms with Crippen LogP contribution in [0.5, 0.6) is 0 Å². The van der Waals surface area contributed by atoms with Gasteiger partial charge >= 0.3 is 0 Å². The van der Waals surface area contributed by atoms with E-state index in [0.29, 0.717) is 18.1 Å². The Balaban J connectivity index is 1.74. The first-order valence-electron chi connectivity index (χ1n) is 9.04. The molecule has 4 rings (SSSR count). The number of aromatic nitrogens is 3. The van der Waals surface area contributed by atoms with Gasteiger partial charge in [-0.2, -0.15) is 0 Å². The van der Waals surface area contributed by atoms with Gasteiger partial charge in [0.1, 0.15) is 11.3 Å². The van der Waals surface area contributed by atoms with Gasteiger partial charge in [0.25, 0.3) is 0 Å². The summed E-state index contributed by atoms with van der Waals surface area (Å²) >= 11 is 0. The minimum absolute atomic E-state index is 0.360. The molecule has 1 N–H and O–H groups in total. The Bertz CT molecular complexity index is 671. The Hall–Kier alpha value is -1.46. The van der Waals surface area contributed by atoms with Crippen molar-refractivity contribution < 1.29 is 0 Å². The van der Waals surface area contributed by atoms with Crippen molar-refractivity contribution in [3.63, 3.8) is 0 Å². The molecule has 4 heterocycles.